The van der Waals surface area contributed by atoms with Gasteiger partial charge in [0.25, 0.3) is 0 Å². The van der Waals surface area contributed by atoms with Crippen LogP contribution in [-0.4, -0.2) is 26.3 Å². The first-order chi connectivity index (χ1) is 12.1. The standard InChI is InChI=1S/C18H18ClN3OS2/c1-3-14-9-10-16(25-14)15(23)11-24-18-21-20-17(22(18)4-2)12-5-7-13(19)8-6-12/h5-10H,3-4,11H2,1-2H3. The number of halogens is 1. The van der Waals surface area contributed by atoms with E-state index in [0.717, 1.165) is 34.4 Å². The van der Waals surface area contributed by atoms with Gasteiger partial charge in [-0.3, -0.25) is 4.79 Å². The van der Waals surface area contributed by atoms with Crippen molar-refractivity contribution < 1.29 is 4.79 Å². The molecule has 25 heavy (non-hydrogen) atoms. The summed E-state index contributed by atoms with van der Waals surface area (Å²) >= 11 is 8.95. The summed E-state index contributed by atoms with van der Waals surface area (Å²) in [5.41, 5.74) is 0.961. The highest BCUT2D eigenvalue weighted by molar-refractivity contribution is 7.99. The number of hydrogen-bond donors (Lipinski definition) is 0. The Labute approximate surface area is 160 Å². The third-order valence-electron chi connectivity index (χ3n) is 3.75. The van der Waals surface area contributed by atoms with Crippen molar-refractivity contribution in [3.8, 4) is 11.4 Å². The van der Waals surface area contributed by atoms with Gasteiger partial charge >= 0.3 is 0 Å². The minimum absolute atomic E-state index is 0.133. The molecule has 0 radical (unpaired) electrons. The average molecular weight is 392 g/mol. The second kappa shape index (κ2) is 8.17. The Hall–Kier alpha value is -1.63. The first-order valence-corrected chi connectivity index (χ1v) is 10.2. The fourth-order valence-electron chi connectivity index (χ4n) is 2.41. The molecule has 7 heteroatoms. The van der Waals surface area contributed by atoms with Gasteiger partial charge in [-0.25, -0.2) is 0 Å². The van der Waals surface area contributed by atoms with E-state index in [1.165, 1.54) is 16.6 Å². The largest absolute Gasteiger partial charge is 0.302 e. The molecule has 3 aromatic rings. The number of rotatable bonds is 7. The number of ketones is 1. The van der Waals surface area contributed by atoms with Crippen molar-refractivity contribution in [2.75, 3.05) is 5.75 Å². The van der Waals surface area contributed by atoms with Gasteiger partial charge in [0.2, 0.25) is 0 Å². The summed E-state index contributed by atoms with van der Waals surface area (Å²) in [4.78, 5) is 14.4. The van der Waals surface area contributed by atoms with E-state index in [2.05, 4.69) is 17.1 Å². The molecule has 0 amide bonds. The number of thioether (sulfide) groups is 1. The van der Waals surface area contributed by atoms with Crippen molar-refractivity contribution in [1.29, 1.82) is 0 Å². The second-order valence-electron chi connectivity index (χ2n) is 5.39. The van der Waals surface area contributed by atoms with E-state index in [4.69, 9.17) is 11.6 Å². The van der Waals surface area contributed by atoms with Gasteiger partial charge in [0.15, 0.2) is 16.8 Å². The molecule has 0 aliphatic heterocycles. The molecular formula is C18H18ClN3OS2. The minimum atomic E-state index is 0.133. The monoisotopic (exact) mass is 391 g/mol. The Balaban J connectivity index is 1.74. The molecule has 0 aliphatic carbocycles. The van der Waals surface area contributed by atoms with Crippen molar-refractivity contribution >= 4 is 40.5 Å². The SMILES string of the molecule is CCc1ccc(C(=O)CSc2nnc(-c3ccc(Cl)cc3)n2CC)s1. The smallest absolute Gasteiger partial charge is 0.191 e. The molecule has 0 atom stereocenters. The van der Waals surface area contributed by atoms with Crippen LogP contribution in [0.2, 0.25) is 5.02 Å². The third kappa shape index (κ3) is 4.14. The van der Waals surface area contributed by atoms with Crippen LogP contribution >= 0.6 is 34.7 Å². The van der Waals surface area contributed by atoms with Gasteiger partial charge in [-0.05, 0) is 49.7 Å². The number of benzene rings is 1. The molecule has 0 unspecified atom stereocenters. The summed E-state index contributed by atoms with van der Waals surface area (Å²) in [6, 6.07) is 11.5. The maximum absolute atomic E-state index is 12.4. The van der Waals surface area contributed by atoms with E-state index < -0.39 is 0 Å². The topological polar surface area (TPSA) is 47.8 Å². The number of Topliss-reactive ketones (excluding diaryl/α,β-unsaturated/α-hetero) is 1. The third-order valence-corrected chi connectivity index (χ3v) is 6.24. The van der Waals surface area contributed by atoms with Gasteiger partial charge in [0.05, 0.1) is 10.6 Å². The lowest BCUT2D eigenvalue weighted by atomic mass is 10.2. The predicted octanol–water partition coefficient (Wildman–Crippen LogP) is 5.22. The van der Waals surface area contributed by atoms with Crippen LogP contribution in [0.15, 0.2) is 41.6 Å². The Morgan fingerprint density at radius 1 is 1.16 bits per heavy atom. The molecule has 0 fully saturated rings. The summed E-state index contributed by atoms with van der Waals surface area (Å²) in [6.07, 6.45) is 0.958. The molecule has 2 aromatic heterocycles. The first-order valence-electron chi connectivity index (χ1n) is 8.06. The summed E-state index contributed by atoms with van der Waals surface area (Å²) in [7, 11) is 0. The molecule has 4 nitrogen and oxygen atoms in total. The Morgan fingerprint density at radius 2 is 1.92 bits per heavy atom. The normalized spacial score (nSPS) is 11.0. The second-order valence-corrected chi connectivity index (χ2v) is 7.94. The molecule has 0 N–H and O–H groups in total. The van der Waals surface area contributed by atoms with Crippen LogP contribution < -0.4 is 0 Å². The Morgan fingerprint density at radius 3 is 2.56 bits per heavy atom. The lowest BCUT2D eigenvalue weighted by Crippen LogP contribution is -2.03. The van der Waals surface area contributed by atoms with E-state index in [-0.39, 0.29) is 5.78 Å². The highest BCUT2D eigenvalue weighted by atomic mass is 35.5. The fraction of sp³-hybridized carbons (Fsp3) is 0.278. The lowest BCUT2D eigenvalue weighted by molar-refractivity contribution is 0.102. The van der Waals surface area contributed by atoms with Gasteiger partial charge < -0.3 is 4.57 Å². The Bertz CT molecular complexity index is 871. The molecule has 0 bridgehead atoms. The predicted molar refractivity (Wildman–Crippen MR) is 105 cm³/mol. The quantitative estimate of drug-likeness (QED) is 0.409. The van der Waals surface area contributed by atoms with E-state index in [0.29, 0.717) is 10.8 Å². The van der Waals surface area contributed by atoms with Crippen LogP contribution in [0.4, 0.5) is 0 Å². The van der Waals surface area contributed by atoms with Gasteiger partial charge in [-0.1, -0.05) is 30.3 Å². The summed E-state index contributed by atoms with van der Waals surface area (Å²) in [6.45, 7) is 4.87. The van der Waals surface area contributed by atoms with Gasteiger partial charge in [-0.15, -0.1) is 21.5 Å². The number of carbonyl (C=O) groups is 1. The van der Waals surface area contributed by atoms with Crippen molar-refractivity contribution in [3.05, 3.63) is 51.2 Å². The van der Waals surface area contributed by atoms with Crippen molar-refractivity contribution in [2.24, 2.45) is 0 Å². The number of aromatic nitrogens is 3. The van der Waals surface area contributed by atoms with Crippen molar-refractivity contribution in [2.45, 2.75) is 32.0 Å². The van der Waals surface area contributed by atoms with Crippen LogP contribution in [-0.2, 0) is 13.0 Å². The first kappa shape index (κ1) is 18.2. The number of nitrogens with zero attached hydrogens (tertiary/aromatic N) is 3. The molecule has 0 aliphatic rings. The maximum Gasteiger partial charge on any atom is 0.191 e. The maximum atomic E-state index is 12.4. The highest BCUT2D eigenvalue weighted by Gasteiger charge is 2.16. The van der Waals surface area contributed by atoms with Gasteiger partial charge in [-0.2, -0.15) is 0 Å². The van der Waals surface area contributed by atoms with Crippen LogP contribution in [0.25, 0.3) is 11.4 Å². The van der Waals surface area contributed by atoms with E-state index in [1.807, 2.05) is 47.9 Å². The fourth-order valence-corrected chi connectivity index (χ4v) is 4.40. The van der Waals surface area contributed by atoms with Gasteiger partial charge in [0, 0.05) is 22.0 Å². The molecule has 130 valence electrons. The van der Waals surface area contributed by atoms with Crippen molar-refractivity contribution in [1.82, 2.24) is 14.8 Å². The summed E-state index contributed by atoms with van der Waals surface area (Å²) in [5, 5.41) is 10.0. The number of hydrogen-bond acceptors (Lipinski definition) is 5. The number of thiophene rings is 1. The minimum Gasteiger partial charge on any atom is -0.302 e. The summed E-state index contributed by atoms with van der Waals surface area (Å²) < 4.78 is 2.02. The van der Waals surface area contributed by atoms with E-state index in [9.17, 15) is 4.79 Å². The highest BCUT2D eigenvalue weighted by Crippen LogP contribution is 2.26. The molecule has 0 spiro atoms. The van der Waals surface area contributed by atoms with E-state index in [1.54, 1.807) is 11.3 Å². The zero-order valence-electron chi connectivity index (χ0n) is 14.0. The zero-order chi connectivity index (χ0) is 17.8. The van der Waals surface area contributed by atoms with Crippen LogP contribution in [0.3, 0.4) is 0 Å². The van der Waals surface area contributed by atoms with E-state index >= 15 is 0 Å². The summed E-state index contributed by atoms with van der Waals surface area (Å²) in [5.74, 6) is 1.29. The average Bonchev–Trinajstić information content (AvgIpc) is 3.27. The lowest BCUT2D eigenvalue weighted by Gasteiger charge is -2.07. The number of aryl methyl sites for hydroxylation is 1. The molecule has 0 saturated heterocycles. The van der Waals surface area contributed by atoms with Gasteiger partial charge in [0.1, 0.15) is 0 Å². The molecule has 2 heterocycles. The molecule has 0 saturated carbocycles. The number of carbonyl (C=O) groups excluding carboxylic acids is 1. The molecular weight excluding hydrogens is 374 g/mol. The zero-order valence-corrected chi connectivity index (χ0v) is 16.4. The Kier molecular flexibility index (Phi) is 5.93. The van der Waals surface area contributed by atoms with Crippen LogP contribution in [0.1, 0.15) is 28.4 Å². The van der Waals surface area contributed by atoms with Crippen LogP contribution in [0, 0.1) is 0 Å². The molecule has 3 rings (SSSR count). The molecule has 1 aromatic carbocycles. The van der Waals surface area contributed by atoms with Crippen LogP contribution in [0.5, 0.6) is 0 Å². The van der Waals surface area contributed by atoms with Crippen molar-refractivity contribution in [3.63, 3.8) is 0 Å².